The molecule has 3 atom stereocenters. The zero-order valence-corrected chi connectivity index (χ0v) is 12.1. The zero-order chi connectivity index (χ0) is 15.7. The Kier molecular flexibility index (Phi) is 4.18. The lowest BCUT2D eigenvalue weighted by atomic mass is 9.76. The molecule has 6 nitrogen and oxygen atoms in total. The maximum Gasteiger partial charge on any atom is 0.327 e. The zero-order valence-electron chi connectivity index (χ0n) is 11.3. The van der Waals surface area contributed by atoms with Crippen molar-refractivity contribution in [2.75, 3.05) is 0 Å². The molecule has 1 saturated heterocycles. The van der Waals surface area contributed by atoms with Gasteiger partial charge in [-0.2, -0.15) is 0 Å². The van der Waals surface area contributed by atoms with Crippen molar-refractivity contribution in [2.24, 2.45) is 17.6 Å². The molecule has 1 heterocycles. The van der Waals surface area contributed by atoms with Gasteiger partial charge in [0.25, 0.3) is 0 Å². The number of amides is 3. The predicted octanol–water partition coefficient (Wildman–Crippen LogP) is 1.51. The molecule has 0 aromatic heterocycles. The Hall–Kier alpha value is -2.08. The first kappa shape index (κ1) is 15.3. The molecule has 0 saturated carbocycles. The van der Waals surface area contributed by atoms with Gasteiger partial charge in [-0.25, -0.2) is 14.5 Å². The normalized spacial score (nSPS) is 22.6. The minimum Gasteiger partial charge on any atom is -0.480 e. The molecule has 1 aliphatic heterocycles. The number of carbonyl (C=O) groups excluding carboxylic acids is 2. The number of likely N-dealkylation sites (tertiary alicyclic amines) is 1. The third-order valence-electron chi connectivity index (χ3n) is 3.69. The molecular formula is C14H15ClN2O4. The van der Waals surface area contributed by atoms with Gasteiger partial charge in [-0.05, 0) is 30.0 Å². The fourth-order valence-electron chi connectivity index (χ4n) is 2.74. The molecule has 7 heteroatoms. The predicted molar refractivity (Wildman–Crippen MR) is 75.7 cm³/mol. The van der Waals surface area contributed by atoms with E-state index in [-0.39, 0.29) is 5.92 Å². The van der Waals surface area contributed by atoms with Crippen LogP contribution < -0.4 is 5.73 Å². The second-order valence-electron chi connectivity index (χ2n) is 5.17. The van der Waals surface area contributed by atoms with Crippen LogP contribution in [-0.4, -0.2) is 34.0 Å². The molecule has 1 aromatic rings. The lowest BCUT2D eigenvalue weighted by Gasteiger charge is -2.44. The average molecular weight is 311 g/mol. The van der Waals surface area contributed by atoms with Gasteiger partial charge in [0.1, 0.15) is 0 Å². The van der Waals surface area contributed by atoms with E-state index in [0.717, 1.165) is 5.56 Å². The lowest BCUT2D eigenvalue weighted by Crippen LogP contribution is -2.69. The first-order valence-corrected chi connectivity index (χ1v) is 6.80. The summed E-state index contributed by atoms with van der Waals surface area (Å²) >= 11 is 5.90. The van der Waals surface area contributed by atoms with Gasteiger partial charge in [-0.1, -0.05) is 30.7 Å². The van der Waals surface area contributed by atoms with Crippen LogP contribution in [-0.2, 0) is 16.0 Å². The number of hydrogen-bond acceptors (Lipinski definition) is 3. The monoisotopic (exact) mass is 310 g/mol. The van der Waals surface area contributed by atoms with Gasteiger partial charge >= 0.3 is 12.0 Å². The maximum atomic E-state index is 12.0. The Morgan fingerprint density at radius 1 is 1.48 bits per heavy atom. The van der Waals surface area contributed by atoms with Gasteiger partial charge in [0.2, 0.25) is 5.91 Å². The van der Waals surface area contributed by atoms with Crippen LogP contribution in [0.1, 0.15) is 12.5 Å². The number of β-lactam (4-membered cyclic amide) rings is 1. The van der Waals surface area contributed by atoms with Gasteiger partial charge < -0.3 is 10.8 Å². The van der Waals surface area contributed by atoms with Gasteiger partial charge in [0.15, 0.2) is 6.04 Å². The minimum atomic E-state index is -1.23. The topological polar surface area (TPSA) is 101 Å². The van der Waals surface area contributed by atoms with E-state index in [1.54, 1.807) is 25.1 Å². The molecule has 0 radical (unpaired) electrons. The number of urea groups is 1. The number of carboxylic acid groups (broad SMARTS) is 1. The van der Waals surface area contributed by atoms with Crippen molar-refractivity contribution in [1.29, 1.82) is 0 Å². The molecule has 1 aliphatic rings. The van der Waals surface area contributed by atoms with Crippen LogP contribution in [0, 0.1) is 11.8 Å². The van der Waals surface area contributed by atoms with Crippen LogP contribution in [0.5, 0.6) is 0 Å². The molecule has 2 unspecified atom stereocenters. The molecular weight excluding hydrogens is 296 g/mol. The Morgan fingerprint density at radius 2 is 2.14 bits per heavy atom. The fourth-order valence-corrected chi connectivity index (χ4v) is 2.95. The van der Waals surface area contributed by atoms with E-state index in [0.29, 0.717) is 16.3 Å². The molecule has 0 bridgehead atoms. The molecule has 3 amide bonds. The Labute approximate surface area is 126 Å². The van der Waals surface area contributed by atoms with Crippen molar-refractivity contribution in [3.05, 3.63) is 34.9 Å². The van der Waals surface area contributed by atoms with E-state index in [9.17, 15) is 19.5 Å². The molecule has 3 N–H and O–H groups in total. The first-order valence-electron chi connectivity index (χ1n) is 6.42. The molecule has 21 heavy (non-hydrogen) atoms. The number of benzene rings is 1. The smallest absolute Gasteiger partial charge is 0.327 e. The van der Waals surface area contributed by atoms with Crippen molar-refractivity contribution in [3.63, 3.8) is 0 Å². The molecule has 2 rings (SSSR count). The minimum absolute atomic E-state index is 0.243. The summed E-state index contributed by atoms with van der Waals surface area (Å²) in [4.78, 5) is 34.9. The van der Waals surface area contributed by atoms with E-state index >= 15 is 0 Å². The number of carbonyl (C=O) groups is 3. The molecule has 112 valence electrons. The van der Waals surface area contributed by atoms with Crippen LogP contribution in [0.4, 0.5) is 4.79 Å². The highest BCUT2D eigenvalue weighted by molar-refractivity contribution is 6.30. The Morgan fingerprint density at radius 3 is 2.67 bits per heavy atom. The third-order valence-corrected chi connectivity index (χ3v) is 3.93. The number of primary amides is 1. The number of carboxylic acids is 1. The van der Waals surface area contributed by atoms with Crippen molar-refractivity contribution >= 4 is 29.5 Å². The number of nitrogens with zero attached hydrogens (tertiary/aromatic N) is 1. The number of aliphatic carboxylic acids is 1. The molecule has 1 fully saturated rings. The summed E-state index contributed by atoms with van der Waals surface area (Å²) in [5, 5.41) is 9.75. The quantitative estimate of drug-likeness (QED) is 0.823. The van der Waals surface area contributed by atoms with Crippen molar-refractivity contribution in [2.45, 2.75) is 19.4 Å². The third kappa shape index (κ3) is 2.85. The van der Waals surface area contributed by atoms with Crippen molar-refractivity contribution < 1.29 is 19.5 Å². The van der Waals surface area contributed by atoms with Crippen LogP contribution >= 0.6 is 11.6 Å². The highest BCUT2D eigenvalue weighted by atomic mass is 35.5. The highest BCUT2D eigenvalue weighted by Crippen LogP contribution is 2.34. The van der Waals surface area contributed by atoms with Crippen molar-refractivity contribution in [1.82, 2.24) is 4.90 Å². The largest absolute Gasteiger partial charge is 0.480 e. The molecule has 0 aliphatic carbocycles. The van der Waals surface area contributed by atoms with Crippen molar-refractivity contribution in [3.8, 4) is 0 Å². The summed E-state index contributed by atoms with van der Waals surface area (Å²) in [7, 11) is 0. The maximum absolute atomic E-state index is 12.0. The standard InChI is InChI=1S/C14H15ClN2O4/c1-7(5-8-3-2-4-9(15)6-8)10-11(13(19)20)17(12(10)18)14(16)21/h2-4,6-7,10-11H,5H2,1H3,(H2,16,21)(H,19,20)/t7?,10-,11?/m1/s1. The number of rotatable bonds is 4. The molecule has 1 aromatic carbocycles. The van der Waals surface area contributed by atoms with Gasteiger partial charge in [-0.3, -0.25) is 4.79 Å². The lowest BCUT2D eigenvalue weighted by molar-refractivity contribution is -0.168. The highest BCUT2D eigenvalue weighted by Gasteiger charge is 2.56. The second kappa shape index (κ2) is 5.73. The van der Waals surface area contributed by atoms with E-state index in [4.69, 9.17) is 17.3 Å². The number of imide groups is 1. The second-order valence-corrected chi connectivity index (χ2v) is 5.60. The number of hydrogen-bond donors (Lipinski definition) is 2. The summed E-state index contributed by atoms with van der Waals surface area (Å²) in [6.45, 7) is 1.78. The summed E-state index contributed by atoms with van der Waals surface area (Å²) in [6, 6.07) is 4.93. The summed E-state index contributed by atoms with van der Waals surface area (Å²) in [5.41, 5.74) is 5.94. The van der Waals surface area contributed by atoms with Gasteiger partial charge in [-0.15, -0.1) is 0 Å². The summed E-state index contributed by atoms with van der Waals surface area (Å²) < 4.78 is 0. The average Bonchev–Trinajstić information content (AvgIpc) is 2.34. The molecule has 0 spiro atoms. The van der Waals surface area contributed by atoms with Gasteiger partial charge in [0, 0.05) is 5.02 Å². The van der Waals surface area contributed by atoms with Crippen LogP contribution in [0.3, 0.4) is 0 Å². The van der Waals surface area contributed by atoms with E-state index in [1.165, 1.54) is 0 Å². The summed E-state index contributed by atoms with van der Waals surface area (Å²) in [5.74, 6) is -2.76. The van der Waals surface area contributed by atoms with Crippen LogP contribution in [0.25, 0.3) is 0 Å². The van der Waals surface area contributed by atoms with E-state index in [1.807, 2.05) is 6.07 Å². The number of halogens is 1. The van der Waals surface area contributed by atoms with E-state index in [2.05, 4.69) is 0 Å². The summed E-state index contributed by atoms with van der Waals surface area (Å²) in [6.07, 6.45) is 0.493. The van der Waals surface area contributed by atoms with E-state index < -0.39 is 29.9 Å². The Bertz CT molecular complexity index is 604. The van der Waals surface area contributed by atoms with Crippen LogP contribution in [0.15, 0.2) is 24.3 Å². The van der Waals surface area contributed by atoms with Crippen LogP contribution in [0.2, 0.25) is 5.02 Å². The number of nitrogens with two attached hydrogens (primary N) is 1. The first-order chi connectivity index (χ1) is 9.82. The Balaban J connectivity index is 2.15. The SMILES string of the molecule is CC(Cc1cccc(Cl)c1)[C@H]1C(=O)N(C(N)=O)C1C(=O)O. The fraction of sp³-hybridized carbons (Fsp3) is 0.357. The van der Waals surface area contributed by atoms with Gasteiger partial charge in [0.05, 0.1) is 5.92 Å².